The number of aromatic nitrogens is 4. The van der Waals surface area contributed by atoms with Crippen molar-refractivity contribution < 1.29 is 17.4 Å². The highest BCUT2D eigenvalue weighted by Gasteiger charge is 2.45. The monoisotopic (exact) mass is 405 g/mol. The number of rotatable bonds is 3. The van der Waals surface area contributed by atoms with Crippen LogP contribution in [0, 0.1) is 16.1 Å². The maximum Gasteiger partial charge on any atom is 0.417 e. The molecule has 3 aromatic heterocycles. The second-order valence-electron chi connectivity index (χ2n) is 6.59. The first kappa shape index (κ1) is 18.4. The summed E-state index contributed by atoms with van der Waals surface area (Å²) in [5.41, 5.74) is -0.705. The second-order valence-corrected chi connectivity index (χ2v) is 7.57. The number of nitrogens with zero attached hydrogens (tertiary/aromatic N) is 5. The zero-order chi connectivity index (χ0) is 20.3. The van der Waals surface area contributed by atoms with Crippen LogP contribution in [0.25, 0.3) is 22.7 Å². The van der Waals surface area contributed by atoms with Crippen molar-refractivity contribution in [2.45, 2.75) is 29.3 Å². The summed E-state index contributed by atoms with van der Waals surface area (Å²) >= 11 is 0. The van der Waals surface area contributed by atoms with Gasteiger partial charge in [0, 0.05) is 19.4 Å². The Bertz CT molecular complexity index is 1230. The van der Waals surface area contributed by atoms with Gasteiger partial charge in [-0.3, -0.25) is 4.98 Å². The molecule has 1 aliphatic carbocycles. The van der Waals surface area contributed by atoms with Crippen LogP contribution in [0.4, 0.5) is 13.2 Å². The van der Waals surface area contributed by atoms with E-state index in [9.17, 15) is 22.6 Å². The Morgan fingerprint density at radius 1 is 1.29 bits per heavy atom. The van der Waals surface area contributed by atoms with Gasteiger partial charge in [0.2, 0.25) is 0 Å². The molecule has 0 radical (unpaired) electrons. The third-order valence-electron chi connectivity index (χ3n) is 4.82. The number of imidazole rings is 1. The van der Waals surface area contributed by atoms with Crippen molar-refractivity contribution >= 4 is 21.8 Å². The third-order valence-corrected chi connectivity index (χ3v) is 5.53. The summed E-state index contributed by atoms with van der Waals surface area (Å²) in [5.74, 6) is 0.144. The molecule has 28 heavy (non-hydrogen) atoms. The average Bonchev–Trinajstić information content (AvgIpc) is 3.39. The van der Waals surface area contributed by atoms with E-state index in [4.69, 9.17) is 4.78 Å². The number of aryl methyl sites for hydroxylation is 1. The van der Waals surface area contributed by atoms with Gasteiger partial charge in [-0.05, 0) is 24.5 Å². The van der Waals surface area contributed by atoms with E-state index in [0.717, 1.165) is 12.3 Å². The van der Waals surface area contributed by atoms with Gasteiger partial charge >= 0.3 is 6.18 Å². The Morgan fingerprint density at radius 2 is 2.00 bits per heavy atom. The van der Waals surface area contributed by atoms with Gasteiger partial charge in [0.15, 0.2) is 11.5 Å². The molecule has 0 atom stereocenters. The molecule has 3 aromatic rings. The van der Waals surface area contributed by atoms with Crippen molar-refractivity contribution in [3.8, 4) is 17.6 Å². The summed E-state index contributed by atoms with van der Waals surface area (Å²) in [7, 11) is -0.634. The van der Waals surface area contributed by atoms with Gasteiger partial charge in [-0.25, -0.2) is 9.97 Å². The zero-order valence-corrected chi connectivity index (χ0v) is 15.2. The molecule has 0 unspecified atom stereocenters. The number of halogens is 3. The number of alkyl halides is 3. The van der Waals surface area contributed by atoms with Crippen molar-refractivity contribution in [1.29, 1.82) is 10.0 Å². The summed E-state index contributed by atoms with van der Waals surface area (Å²) in [6.45, 7) is 0. The van der Waals surface area contributed by atoms with E-state index < -0.39 is 27.8 Å². The molecule has 144 valence electrons. The number of hydrogen-bond acceptors (Lipinski definition) is 7. The van der Waals surface area contributed by atoms with Crippen LogP contribution in [0.5, 0.6) is 0 Å². The maximum absolute atomic E-state index is 12.9. The van der Waals surface area contributed by atoms with Crippen molar-refractivity contribution in [2.75, 3.05) is 0 Å². The first-order valence-corrected chi connectivity index (χ1v) is 9.26. The highest BCUT2D eigenvalue weighted by Crippen LogP contribution is 2.48. The van der Waals surface area contributed by atoms with Gasteiger partial charge in [-0.1, -0.05) is 11.0 Å². The zero-order valence-electron chi connectivity index (χ0n) is 14.4. The predicted octanol–water partition coefficient (Wildman–Crippen LogP) is 3.69. The fraction of sp³-hybridized carbons (Fsp3) is 0.294. The van der Waals surface area contributed by atoms with E-state index in [2.05, 4.69) is 21.0 Å². The lowest BCUT2D eigenvalue weighted by molar-refractivity contribution is -0.137. The molecule has 1 saturated carbocycles. The molecule has 1 fully saturated rings. The fourth-order valence-corrected chi connectivity index (χ4v) is 3.60. The molecule has 0 saturated heterocycles. The van der Waals surface area contributed by atoms with Crippen LogP contribution in [0.2, 0.25) is 0 Å². The van der Waals surface area contributed by atoms with Crippen LogP contribution in [0.15, 0.2) is 29.4 Å². The van der Waals surface area contributed by atoms with Crippen LogP contribution in [-0.2, 0) is 33.4 Å². The van der Waals surface area contributed by atoms with Crippen LogP contribution in [-0.4, -0.2) is 19.5 Å². The Balaban J connectivity index is 1.90. The largest absolute Gasteiger partial charge is 0.440 e. The van der Waals surface area contributed by atoms with Crippen molar-refractivity contribution in [3.63, 3.8) is 0 Å². The summed E-state index contributed by atoms with van der Waals surface area (Å²) in [6, 6.07) is 4.59. The van der Waals surface area contributed by atoms with Crippen LogP contribution in [0.1, 0.15) is 24.0 Å². The van der Waals surface area contributed by atoms with Gasteiger partial charge in [0.05, 0.1) is 22.7 Å². The molecule has 0 spiro atoms. The van der Waals surface area contributed by atoms with Gasteiger partial charge in [-0.2, -0.15) is 29.0 Å². The topological polar surface area (TPSA) is 108 Å². The molecule has 0 bridgehead atoms. The highest BCUT2D eigenvalue weighted by molar-refractivity contribution is 7.73. The molecule has 0 aliphatic heterocycles. The minimum Gasteiger partial charge on any atom is -0.440 e. The second kappa shape index (κ2) is 6.00. The Kier molecular flexibility index (Phi) is 3.94. The number of fused-ring (bicyclic) bond motifs is 1. The van der Waals surface area contributed by atoms with Gasteiger partial charge in [0.25, 0.3) is 0 Å². The Labute approximate surface area is 158 Å². The number of nitrogens with one attached hydrogen (secondary N) is 1. The van der Waals surface area contributed by atoms with E-state index in [1.165, 1.54) is 16.8 Å². The summed E-state index contributed by atoms with van der Waals surface area (Å²) in [6.07, 6.45) is -1.05. The SMILES string of the molecule is Cn1c(-c2ncc(C3(C#N)CC3)cc2[S-](=N)=O)nc2cc(C(F)(F)F)cnc21. The average molecular weight is 405 g/mol. The van der Waals surface area contributed by atoms with E-state index >= 15 is 0 Å². The molecule has 0 amide bonds. The highest BCUT2D eigenvalue weighted by atomic mass is 32.2. The normalized spacial score (nSPS) is 15.7. The van der Waals surface area contributed by atoms with Crippen LogP contribution >= 0.6 is 0 Å². The third kappa shape index (κ3) is 2.80. The Morgan fingerprint density at radius 3 is 2.57 bits per heavy atom. The minimum absolute atomic E-state index is 0.00982. The molecule has 4 rings (SSSR count). The standard InChI is InChI=1S/C17H12F3N6OS/c1-26-14-11(4-10(7-24-14)17(18,19)20)25-15(26)13-12(28(22)27)5-9(6-23-13)16(8-21)2-3-16/h4-7,22H,2-3H2,1H3/q-1. The molecule has 11 heteroatoms. The first-order chi connectivity index (χ1) is 13.2. The number of hydrogen-bond donors (Lipinski definition) is 1. The molecule has 3 heterocycles. The first-order valence-electron chi connectivity index (χ1n) is 8.11. The van der Waals surface area contributed by atoms with Crippen LogP contribution in [0.3, 0.4) is 0 Å². The Hall–Kier alpha value is -3.00. The van der Waals surface area contributed by atoms with Crippen molar-refractivity contribution in [3.05, 3.63) is 35.7 Å². The van der Waals surface area contributed by atoms with E-state index in [0.29, 0.717) is 18.4 Å². The summed E-state index contributed by atoms with van der Waals surface area (Å²) in [4.78, 5) is 12.3. The maximum atomic E-state index is 12.9. The summed E-state index contributed by atoms with van der Waals surface area (Å²) < 4.78 is 59.9. The lowest BCUT2D eigenvalue weighted by atomic mass is 9.99. The number of nitriles is 1. The molecule has 1 aliphatic rings. The van der Waals surface area contributed by atoms with Crippen LogP contribution < -0.4 is 0 Å². The number of pyridine rings is 2. The van der Waals surface area contributed by atoms with Crippen molar-refractivity contribution in [2.24, 2.45) is 7.05 Å². The fourth-order valence-electron chi connectivity index (χ4n) is 3.05. The molecular formula is C17H12F3N6OS-. The minimum atomic E-state index is -4.55. The van der Waals surface area contributed by atoms with E-state index in [1.54, 1.807) is 7.05 Å². The molecule has 7 nitrogen and oxygen atoms in total. The smallest absolute Gasteiger partial charge is 0.417 e. The lowest BCUT2D eigenvalue weighted by Gasteiger charge is -2.14. The molecular weight excluding hydrogens is 393 g/mol. The van der Waals surface area contributed by atoms with Crippen molar-refractivity contribution in [1.82, 2.24) is 19.5 Å². The molecule has 1 N–H and O–H groups in total. The van der Waals surface area contributed by atoms with E-state index in [1.807, 2.05) is 0 Å². The lowest BCUT2D eigenvalue weighted by Crippen LogP contribution is -2.06. The quantitative estimate of drug-likeness (QED) is 0.669. The van der Waals surface area contributed by atoms with Gasteiger partial charge in [-0.15, -0.1) is 0 Å². The van der Waals surface area contributed by atoms with Gasteiger partial charge in [0.1, 0.15) is 5.52 Å². The molecule has 0 aromatic carbocycles. The summed E-state index contributed by atoms with van der Waals surface area (Å²) in [5, 5.41) is 9.34. The van der Waals surface area contributed by atoms with Gasteiger partial charge < -0.3 is 13.6 Å². The predicted molar refractivity (Wildman–Crippen MR) is 92.3 cm³/mol. The van der Waals surface area contributed by atoms with E-state index in [-0.39, 0.29) is 27.6 Å².